The molecule has 0 fully saturated rings. The number of ether oxygens (including phenoxy) is 1. The largest absolute Gasteiger partial charge is 0.491 e. The zero-order chi connectivity index (χ0) is 21.1. The van der Waals surface area contributed by atoms with Gasteiger partial charge in [0.15, 0.2) is 0 Å². The lowest BCUT2D eigenvalue weighted by Crippen LogP contribution is -2.45. The molecule has 0 heterocycles. The maximum absolute atomic E-state index is 12.8. The minimum atomic E-state index is -3.67. The van der Waals surface area contributed by atoms with E-state index in [1.165, 1.54) is 4.31 Å². The Balaban J connectivity index is 2.31. The van der Waals surface area contributed by atoms with Gasteiger partial charge >= 0.3 is 0 Å². The molecule has 0 saturated heterocycles. The van der Waals surface area contributed by atoms with Gasteiger partial charge in [-0.3, -0.25) is 9.10 Å². The molecular formula is C21H28N2O4S. The molecule has 0 radical (unpaired) electrons. The third-order valence-electron chi connectivity index (χ3n) is 4.16. The SMILES string of the molecule is Cc1ccc(C)c(N([C@H](C)C(=O)Nc2cccc(OC(C)C)c2)S(C)(=O)=O)c1. The minimum Gasteiger partial charge on any atom is -0.491 e. The molecule has 0 unspecified atom stereocenters. The molecule has 1 N–H and O–H groups in total. The maximum atomic E-state index is 12.8. The molecule has 7 heteroatoms. The maximum Gasteiger partial charge on any atom is 0.247 e. The Hall–Kier alpha value is -2.54. The minimum absolute atomic E-state index is 0.00916. The Morgan fingerprint density at radius 3 is 2.36 bits per heavy atom. The van der Waals surface area contributed by atoms with Gasteiger partial charge in [-0.25, -0.2) is 8.42 Å². The first-order chi connectivity index (χ1) is 13.0. The molecule has 0 aromatic heterocycles. The van der Waals surface area contributed by atoms with E-state index in [-0.39, 0.29) is 6.10 Å². The standard InChI is InChI=1S/C21H28N2O4S/c1-14(2)27-19-9-7-8-18(13-19)22-21(24)17(5)23(28(6,25)26)20-12-15(3)10-11-16(20)4/h7-14,17H,1-6H3,(H,22,24)/t17-/m1/s1. The van der Waals surface area contributed by atoms with Crippen molar-refractivity contribution < 1.29 is 17.9 Å². The molecule has 152 valence electrons. The predicted molar refractivity (Wildman–Crippen MR) is 114 cm³/mol. The van der Waals surface area contributed by atoms with Gasteiger partial charge in [0.2, 0.25) is 15.9 Å². The van der Waals surface area contributed by atoms with Crippen molar-refractivity contribution in [1.82, 2.24) is 0 Å². The lowest BCUT2D eigenvalue weighted by atomic mass is 10.1. The van der Waals surface area contributed by atoms with Crippen molar-refractivity contribution >= 4 is 27.3 Å². The first kappa shape index (κ1) is 21.8. The van der Waals surface area contributed by atoms with Crippen LogP contribution >= 0.6 is 0 Å². The van der Waals surface area contributed by atoms with E-state index in [1.54, 1.807) is 37.3 Å². The van der Waals surface area contributed by atoms with Crippen LogP contribution in [-0.4, -0.2) is 32.7 Å². The molecule has 0 aliphatic carbocycles. The van der Waals surface area contributed by atoms with E-state index in [4.69, 9.17) is 4.74 Å². The van der Waals surface area contributed by atoms with Crippen LogP contribution in [0.3, 0.4) is 0 Å². The summed E-state index contributed by atoms with van der Waals surface area (Å²) in [5, 5.41) is 2.79. The highest BCUT2D eigenvalue weighted by atomic mass is 32.2. The normalized spacial score (nSPS) is 12.5. The summed E-state index contributed by atoms with van der Waals surface area (Å²) in [5.41, 5.74) is 2.75. The predicted octanol–water partition coefficient (Wildman–Crippen LogP) is 3.88. The van der Waals surface area contributed by atoms with Crippen LogP contribution in [0.4, 0.5) is 11.4 Å². The first-order valence-electron chi connectivity index (χ1n) is 9.13. The van der Waals surface area contributed by atoms with Gasteiger partial charge in [-0.1, -0.05) is 18.2 Å². The second-order valence-electron chi connectivity index (χ2n) is 7.21. The van der Waals surface area contributed by atoms with Crippen LogP contribution in [0.1, 0.15) is 31.9 Å². The number of carbonyl (C=O) groups excluding carboxylic acids is 1. The van der Waals surface area contributed by atoms with Crippen molar-refractivity contribution in [2.24, 2.45) is 0 Å². The molecule has 28 heavy (non-hydrogen) atoms. The van der Waals surface area contributed by atoms with Crippen molar-refractivity contribution in [1.29, 1.82) is 0 Å². The summed E-state index contributed by atoms with van der Waals surface area (Å²) in [5.74, 6) is 0.211. The summed E-state index contributed by atoms with van der Waals surface area (Å²) in [4.78, 5) is 12.8. The van der Waals surface area contributed by atoms with Crippen molar-refractivity contribution in [3.63, 3.8) is 0 Å². The Kier molecular flexibility index (Phi) is 6.72. The summed E-state index contributed by atoms with van der Waals surface area (Å²) in [6.45, 7) is 9.12. The molecular weight excluding hydrogens is 376 g/mol. The first-order valence-corrected chi connectivity index (χ1v) is 11.0. The van der Waals surface area contributed by atoms with Gasteiger partial charge in [-0.2, -0.15) is 0 Å². The number of benzene rings is 2. The quantitative estimate of drug-likeness (QED) is 0.760. The Morgan fingerprint density at radius 1 is 1.07 bits per heavy atom. The molecule has 0 saturated carbocycles. The van der Waals surface area contributed by atoms with Gasteiger partial charge in [-0.05, 0) is 63.9 Å². The molecule has 2 rings (SSSR count). The van der Waals surface area contributed by atoms with Gasteiger partial charge in [0, 0.05) is 11.8 Å². The van der Waals surface area contributed by atoms with E-state index >= 15 is 0 Å². The number of nitrogens with zero attached hydrogens (tertiary/aromatic N) is 1. The smallest absolute Gasteiger partial charge is 0.247 e. The number of carbonyl (C=O) groups is 1. The fourth-order valence-electron chi connectivity index (χ4n) is 2.90. The molecule has 1 atom stereocenters. The Morgan fingerprint density at radius 2 is 1.75 bits per heavy atom. The second kappa shape index (κ2) is 8.65. The molecule has 2 aromatic carbocycles. The van der Waals surface area contributed by atoms with Gasteiger partial charge in [0.1, 0.15) is 11.8 Å². The molecule has 6 nitrogen and oxygen atoms in total. The number of rotatable bonds is 7. The van der Waals surface area contributed by atoms with E-state index in [1.807, 2.05) is 39.8 Å². The van der Waals surface area contributed by atoms with Crippen molar-refractivity contribution in [2.45, 2.75) is 46.8 Å². The zero-order valence-electron chi connectivity index (χ0n) is 17.2. The van der Waals surface area contributed by atoms with Crippen LogP contribution in [0.25, 0.3) is 0 Å². The number of sulfonamides is 1. The highest BCUT2D eigenvalue weighted by Crippen LogP contribution is 2.27. The fraction of sp³-hybridized carbons (Fsp3) is 0.381. The number of amides is 1. The van der Waals surface area contributed by atoms with E-state index in [0.29, 0.717) is 17.1 Å². The molecule has 2 aromatic rings. The monoisotopic (exact) mass is 404 g/mol. The van der Waals surface area contributed by atoms with Crippen LogP contribution in [0.15, 0.2) is 42.5 Å². The topological polar surface area (TPSA) is 75.7 Å². The van der Waals surface area contributed by atoms with Crippen LogP contribution in [0.2, 0.25) is 0 Å². The third kappa shape index (κ3) is 5.48. The van der Waals surface area contributed by atoms with Gasteiger partial charge in [-0.15, -0.1) is 0 Å². The van der Waals surface area contributed by atoms with Crippen molar-refractivity contribution in [2.75, 3.05) is 15.9 Å². The average molecular weight is 405 g/mol. The highest BCUT2D eigenvalue weighted by Gasteiger charge is 2.30. The Labute approximate surface area is 167 Å². The Bertz CT molecular complexity index is 955. The van der Waals surface area contributed by atoms with Crippen LogP contribution in [0.5, 0.6) is 5.75 Å². The van der Waals surface area contributed by atoms with Gasteiger partial charge in [0.25, 0.3) is 0 Å². The molecule has 1 amide bonds. The average Bonchev–Trinajstić information content (AvgIpc) is 2.56. The zero-order valence-corrected chi connectivity index (χ0v) is 18.0. The second-order valence-corrected chi connectivity index (χ2v) is 9.07. The van der Waals surface area contributed by atoms with Crippen molar-refractivity contribution in [3.8, 4) is 5.75 Å². The third-order valence-corrected chi connectivity index (χ3v) is 5.39. The number of hydrogen-bond acceptors (Lipinski definition) is 4. The molecule has 0 spiro atoms. The van der Waals surface area contributed by atoms with Crippen LogP contribution in [0, 0.1) is 13.8 Å². The highest BCUT2D eigenvalue weighted by molar-refractivity contribution is 7.92. The summed E-state index contributed by atoms with van der Waals surface area (Å²) >= 11 is 0. The van der Waals surface area contributed by atoms with E-state index in [9.17, 15) is 13.2 Å². The van der Waals surface area contributed by atoms with E-state index in [2.05, 4.69) is 5.32 Å². The number of aryl methyl sites for hydroxylation is 2. The number of anilines is 2. The van der Waals surface area contributed by atoms with Crippen LogP contribution < -0.4 is 14.4 Å². The lowest BCUT2D eigenvalue weighted by molar-refractivity contribution is -0.116. The van der Waals surface area contributed by atoms with E-state index < -0.39 is 22.0 Å². The fourth-order valence-corrected chi connectivity index (χ4v) is 4.13. The van der Waals surface area contributed by atoms with Gasteiger partial charge < -0.3 is 10.1 Å². The van der Waals surface area contributed by atoms with Gasteiger partial charge in [0.05, 0.1) is 18.0 Å². The molecule has 0 bridgehead atoms. The number of nitrogens with one attached hydrogen (secondary N) is 1. The summed E-state index contributed by atoms with van der Waals surface area (Å²) in [7, 11) is -3.67. The van der Waals surface area contributed by atoms with E-state index in [0.717, 1.165) is 17.4 Å². The lowest BCUT2D eigenvalue weighted by Gasteiger charge is -2.29. The summed E-state index contributed by atoms with van der Waals surface area (Å²) < 4.78 is 31.8. The summed E-state index contributed by atoms with van der Waals surface area (Å²) in [6, 6.07) is 11.6. The number of hydrogen-bond donors (Lipinski definition) is 1. The molecule has 0 aliphatic heterocycles. The van der Waals surface area contributed by atoms with Crippen LogP contribution in [-0.2, 0) is 14.8 Å². The van der Waals surface area contributed by atoms with Crippen molar-refractivity contribution in [3.05, 3.63) is 53.6 Å². The summed E-state index contributed by atoms with van der Waals surface area (Å²) in [6.07, 6.45) is 1.12. The molecule has 0 aliphatic rings.